The van der Waals surface area contributed by atoms with Crippen LogP contribution in [0.4, 0.5) is 5.82 Å². The highest BCUT2D eigenvalue weighted by atomic mass is 16.5. The summed E-state index contributed by atoms with van der Waals surface area (Å²) < 4.78 is 5.17. The van der Waals surface area contributed by atoms with E-state index in [-0.39, 0.29) is 0 Å². The summed E-state index contributed by atoms with van der Waals surface area (Å²) in [5.41, 5.74) is 6.84. The van der Waals surface area contributed by atoms with E-state index in [0.717, 1.165) is 32.0 Å². The average molecular weight is 249 g/mol. The summed E-state index contributed by atoms with van der Waals surface area (Å²) in [5.74, 6) is 1.51. The quantitative estimate of drug-likeness (QED) is 0.759. The highest BCUT2D eigenvalue weighted by molar-refractivity contribution is 5.29. The van der Waals surface area contributed by atoms with Crippen molar-refractivity contribution >= 4 is 5.82 Å². The molecule has 0 bridgehead atoms. The lowest BCUT2D eigenvalue weighted by Crippen LogP contribution is -2.31. The number of anilines is 1. The van der Waals surface area contributed by atoms with Gasteiger partial charge in [0.25, 0.3) is 0 Å². The molecule has 0 radical (unpaired) electrons. The maximum Gasteiger partial charge on any atom is 0.123 e. The summed E-state index contributed by atoms with van der Waals surface area (Å²) in [5, 5.41) is 0. The molecule has 0 aromatic carbocycles. The van der Waals surface area contributed by atoms with Gasteiger partial charge in [-0.3, -0.25) is 0 Å². The second-order valence-electron chi connectivity index (χ2n) is 5.08. The molecule has 1 aliphatic carbocycles. The Bertz CT molecular complexity index is 349. The lowest BCUT2D eigenvalue weighted by molar-refractivity contribution is 0.145. The van der Waals surface area contributed by atoms with Gasteiger partial charge in [-0.05, 0) is 36.8 Å². The number of hydrogen-bond donors (Lipinski definition) is 1. The molecule has 0 unspecified atom stereocenters. The van der Waals surface area contributed by atoms with Crippen LogP contribution >= 0.6 is 0 Å². The Hall–Kier alpha value is -1.13. The summed E-state index contributed by atoms with van der Waals surface area (Å²) in [6.07, 6.45) is 5.70. The van der Waals surface area contributed by atoms with E-state index in [1.807, 2.05) is 12.3 Å². The largest absolute Gasteiger partial charge is 0.384 e. The molecule has 4 nitrogen and oxygen atoms in total. The van der Waals surface area contributed by atoms with Crippen molar-refractivity contribution < 1.29 is 4.74 Å². The highest BCUT2D eigenvalue weighted by Crippen LogP contribution is 2.29. The van der Waals surface area contributed by atoms with Gasteiger partial charge >= 0.3 is 0 Å². The van der Waals surface area contributed by atoms with E-state index in [4.69, 9.17) is 10.5 Å². The molecule has 1 fully saturated rings. The molecule has 0 spiro atoms. The molecule has 1 aromatic heterocycles. The smallest absolute Gasteiger partial charge is 0.123 e. The summed E-state index contributed by atoms with van der Waals surface area (Å²) >= 11 is 0. The predicted molar refractivity (Wildman–Crippen MR) is 73.4 cm³/mol. The number of aromatic nitrogens is 1. The Kier molecular flexibility index (Phi) is 4.96. The molecule has 0 atom stereocenters. The van der Waals surface area contributed by atoms with Gasteiger partial charge in [0.1, 0.15) is 5.82 Å². The van der Waals surface area contributed by atoms with Gasteiger partial charge in [0.2, 0.25) is 0 Å². The van der Waals surface area contributed by atoms with Crippen molar-refractivity contribution in [3.8, 4) is 0 Å². The lowest BCUT2D eigenvalue weighted by Gasteiger charge is -2.21. The second-order valence-corrected chi connectivity index (χ2v) is 5.08. The molecule has 100 valence electrons. The van der Waals surface area contributed by atoms with Crippen molar-refractivity contribution in [1.29, 1.82) is 0 Å². The second kappa shape index (κ2) is 6.71. The molecule has 18 heavy (non-hydrogen) atoms. The molecular weight excluding hydrogens is 226 g/mol. The standard InChI is InChI=1S/C14H23N3O/c1-18-9-8-17(11-13-2-3-13)7-6-12-4-5-14(15)16-10-12/h4-5,10,13H,2-3,6-9,11H2,1H3,(H2,15,16). The van der Waals surface area contributed by atoms with E-state index in [1.165, 1.54) is 24.9 Å². The Morgan fingerprint density at radius 2 is 2.22 bits per heavy atom. The number of ether oxygens (including phenoxy) is 1. The number of methoxy groups -OCH3 is 1. The first-order chi connectivity index (χ1) is 8.78. The normalized spacial score (nSPS) is 15.2. The average Bonchev–Trinajstić information content (AvgIpc) is 3.18. The molecule has 2 N–H and O–H groups in total. The number of hydrogen-bond acceptors (Lipinski definition) is 4. The number of pyridine rings is 1. The Balaban J connectivity index is 1.77. The summed E-state index contributed by atoms with van der Waals surface area (Å²) in [6.45, 7) is 4.12. The molecule has 1 heterocycles. The summed E-state index contributed by atoms with van der Waals surface area (Å²) in [7, 11) is 1.76. The number of nitrogens with two attached hydrogens (primary N) is 1. The van der Waals surface area contributed by atoms with Crippen LogP contribution in [-0.4, -0.2) is 43.2 Å². The zero-order valence-corrected chi connectivity index (χ0v) is 11.1. The molecule has 4 heteroatoms. The minimum atomic E-state index is 0.591. The fourth-order valence-corrected chi connectivity index (χ4v) is 2.05. The van der Waals surface area contributed by atoms with Crippen molar-refractivity contribution in [3.63, 3.8) is 0 Å². The van der Waals surface area contributed by atoms with Crippen molar-refractivity contribution in [1.82, 2.24) is 9.88 Å². The number of nitrogens with zero attached hydrogens (tertiary/aromatic N) is 2. The van der Waals surface area contributed by atoms with E-state index >= 15 is 0 Å². The fourth-order valence-electron chi connectivity index (χ4n) is 2.05. The third-order valence-corrected chi connectivity index (χ3v) is 3.39. The van der Waals surface area contributed by atoms with Gasteiger partial charge in [-0.2, -0.15) is 0 Å². The first-order valence-corrected chi connectivity index (χ1v) is 6.69. The van der Waals surface area contributed by atoms with Crippen LogP contribution in [0, 0.1) is 5.92 Å². The molecule has 0 saturated heterocycles. The van der Waals surface area contributed by atoms with E-state index in [2.05, 4.69) is 16.0 Å². The van der Waals surface area contributed by atoms with E-state index < -0.39 is 0 Å². The summed E-state index contributed by atoms with van der Waals surface area (Å²) in [6, 6.07) is 3.93. The highest BCUT2D eigenvalue weighted by Gasteiger charge is 2.23. The molecule has 1 aliphatic rings. The molecule has 0 amide bonds. The molecule has 1 saturated carbocycles. The zero-order valence-electron chi connectivity index (χ0n) is 11.1. The zero-order chi connectivity index (χ0) is 12.8. The van der Waals surface area contributed by atoms with Crippen LogP contribution in [0.2, 0.25) is 0 Å². The van der Waals surface area contributed by atoms with Crippen LogP contribution in [-0.2, 0) is 11.2 Å². The van der Waals surface area contributed by atoms with Gasteiger partial charge in [0, 0.05) is 32.9 Å². The van der Waals surface area contributed by atoms with Crippen LogP contribution in [0.25, 0.3) is 0 Å². The number of rotatable bonds is 8. The monoisotopic (exact) mass is 249 g/mol. The first-order valence-electron chi connectivity index (χ1n) is 6.69. The van der Waals surface area contributed by atoms with Crippen LogP contribution < -0.4 is 5.73 Å². The molecule has 1 aromatic rings. The van der Waals surface area contributed by atoms with Gasteiger partial charge in [-0.1, -0.05) is 6.07 Å². The molecule has 0 aliphatic heterocycles. The van der Waals surface area contributed by atoms with Gasteiger partial charge in [0.15, 0.2) is 0 Å². The van der Waals surface area contributed by atoms with Crippen LogP contribution in [0.3, 0.4) is 0 Å². The first kappa shape index (κ1) is 13.3. The van der Waals surface area contributed by atoms with Gasteiger partial charge < -0.3 is 15.4 Å². The van der Waals surface area contributed by atoms with E-state index in [0.29, 0.717) is 5.82 Å². The molecule has 2 rings (SSSR count). The van der Waals surface area contributed by atoms with Crippen molar-refractivity contribution in [2.45, 2.75) is 19.3 Å². The Morgan fingerprint density at radius 1 is 1.39 bits per heavy atom. The van der Waals surface area contributed by atoms with Crippen molar-refractivity contribution in [2.24, 2.45) is 5.92 Å². The van der Waals surface area contributed by atoms with Crippen LogP contribution in [0.1, 0.15) is 18.4 Å². The van der Waals surface area contributed by atoms with Crippen molar-refractivity contribution in [2.75, 3.05) is 39.1 Å². The van der Waals surface area contributed by atoms with E-state index in [1.54, 1.807) is 7.11 Å². The maximum atomic E-state index is 5.58. The van der Waals surface area contributed by atoms with Gasteiger partial charge in [-0.25, -0.2) is 4.98 Å². The van der Waals surface area contributed by atoms with Gasteiger partial charge in [-0.15, -0.1) is 0 Å². The number of nitrogen functional groups attached to an aromatic ring is 1. The van der Waals surface area contributed by atoms with Crippen molar-refractivity contribution in [3.05, 3.63) is 23.9 Å². The fraction of sp³-hybridized carbons (Fsp3) is 0.643. The third kappa shape index (κ3) is 4.63. The maximum absolute atomic E-state index is 5.58. The topological polar surface area (TPSA) is 51.4 Å². The lowest BCUT2D eigenvalue weighted by atomic mass is 10.2. The predicted octanol–water partition coefficient (Wildman–Crippen LogP) is 1.56. The Labute approximate surface area is 109 Å². The minimum Gasteiger partial charge on any atom is -0.384 e. The summed E-state index contributed by atoms with van der Waals surface area (Å²) in [4.78, 5) is 6.62. The van der Waals surface area contributed by atoms with Crippen LogP contribution in [0.15, 0.2) is 18.3 Å². The molecular formula is C14H23N3O. The van der Waals surface area contributed by atoms with E-state index in [9.17, 15) is 0 Å². The third-order valence-electron chi connectivity index (χ3n) is 3.39. The SMILES string of the molecule is COCCN(CCc1ccc(N)nc1)CC1CC1. The van der Waals surface area contributed by atoms with Crippen LogP contribution in [0.5, 0.6) is 0 Å². The van der Waals surface area contributed by atoms with Gasteiger partial charge in [0.05, 0.1) is 6.61 Å². The minimum absolute atomic E-state index is 0.591. The Morgan fingerprint density at radius 3 is 2.83 bits per heavy atom.